The molecule has 3 heteroatoms. The van der Waals surface area contributed by atoms with Crippen molar-refractivity contribution in [2.24, 2.45) is 0 Å². The highest BCUT2D eigenvalue weighted by Gasteiger charge is 2.14. The maximum atomic E-state index is 5.98. The van der Waals surface area contributed by atoms with Crippen LogP contribution >= 0.6 is 11.6 Å². The van der Waals surface area contributed by atoms with Crippen molar-refractivity contribution in [2.75, 3.05) is 0 Å². The minimum absolute atomic E-state index is 0.388. The molecule has 0 spiro atoms. The van der Waals surface area contributed by atoms with E-state index in [-0.39, 0.29) is 0 Å². The predicted octanol–water partition coefficient (Wildman–Crippen LogP) is 5.39. The highest BCUT2D eigenvalue weighted by atomic mass is 35.5. The fraction of sp³-hybridized carbons (Fsp3) is 0.444. The van der Waals surface area contributed by atoms with E-state index in [2.05, 4.69) is 31.3 Å². The lowest BCUT2D eigenvalue weighted by Crippen LogP contribution is -2.31. The fourth-order valence-electron chi connectivity index (χ4n) is 2.57. The van der Waals surface area contributed by atoms with Gasteiger partial charge in [-0.15, -0.1) is 0 Å². The molecule has 2 rings (SSSR count). The quantitative estimate of drug-likeness (QED) is 0.708. The van der Waals surface area contributed by atoms with Gasteiger partial charge in [0.25, 0.3) is 0 Å². The first-order valence-electron chi connectivity index (χ1n) is 7.73. The zero-order valence-corrected chi connectivity index (χ0v) is 13.6. The van der Waals surface area contributed by atoms with Crippen molar-refractivity contribution in [2.45, 2.75) is 51.6 Å². The maximum Gasteiger partial charge on any atom is 0.103 e. The van der Waals surface area contributed by atoms with Crippen LogP contribution in [-0.2, 0) is 6.42 Å². The topological polar surface area (TPSA) is 25.2 Å². The van der Waals surface area contributed by atoms with Gasteiger partial charge in [-0.1, -0.05) is 37.1 Å². The number of aryl methyl sites for hydroxylation is 1. The third kappa shape index (κ3) is 5.22. The molecule has 0 radical (unpaired) electrons. The summed E-state index contributed by atoms with van der Waals surface area (Å²) in [7, 11) is 0. The SMILES string of the molecule is CCCC(NC(C)CCc1ccco1)c1ccc(Cl)cc1. The molecular weight excluding hydrogens is 282 g/mol. The van der Waals surface area contributed by atoms with Crippen LogP contribution in [0.5, 0.6) is 0 Å². The summed E-state index contributed by atoms with van der Waals surface area (Å²) in [5, 5.41) is 4.52. The van der Waals surface area contributed by atoms with Crippen LogP contribution < -0.4 is 5.32 Å². The summed E-state index contributed by atoms with van der Waals surface area (Å²) in [5.41, 5.74) is 1.31. The molecule has 1 N–H and O–H groups in total. The van der Waals surface area contributed by atoms with Crippen LogP contribution in [0.25, 0.3) is 0 Å². The van der Waals surface area contributed by atoms with E-state index in [0.717, 1.165) is 36.5 Å². The summed E-state index contributed by atoms with van der Waals surface area (Å²) in [4.78, 5) is 0. The molecule has 0 aliphatic carbocycles. The van der Waals surface area contributed by atoms with Gasteiger partial charge in [-0.3, -0.25) is 0 Å². The molecular formula is C18H24ClNO. The Bertz CT molecular complexity index is 507. The number of hydrogen-bond acceptors (Lipinski definition) is 2. The lowest BCUT2D eigenvalue weighted by Gasteiger charge is -2.23. The summed E-state index contributed by atoms with van der Waals surface area (Å²) in [6.45, 7) is 4.46. The van der Waals surface area contributed by atoms with Gasteiger partial charge in [0.05, 0.1) is 6.26 Å². The molecule has 2 nitrogen and oxygen atoms in total. The van der Waals surface area contributed by atoms with Gasteiger partial charge in [0.15, 0.2) is 0 Å². The van der Waals surface area contributed by atoms with Gasteiger partial charge in [0.1, 0.15) is 5.76 Å². The van der Waals surface area contributed by atoms with Crippen molar-refractivity contribution in [1.82, 2.24) is 5.32 Å². The Labute approximate surface area is 132 Å². The molecule has 0 saturated carbocycles. The summed E-state index contributed by atoms with van der Waals surface area (Å²) in [5.74, 6) is 1.06. The number of benzene rings is 1. The molecule has 1 aromatic heterocycles. The van der Waals surface area contributed by atoms with Crippen molar-refractivity contribution in [3.05, 3.63) is 59.0 Å². The van der Waals surface area contributed by atoms with Gasteiger partial charge in [-0.2, -0.15) is 0 Å². The molecule has 1 heterocycles. The Morgan fingerprint density at radius 3 is 2.52 bits per heavy atom. The first-order chi connectivity index (χ1) is 10.2. The number of halogens is 1. The Kier molecular flexibility index (Phi) is 6.34. The molecule has 114 valence electrons. The maximum absolute atomic E-state index is 5.98. The number of hydrogen-bond donors (Lipinski definition) is 1. The third-order valence-electron chi connectivity index (χ3n) is 3.74. The molecule has 2 aromatic rings. The lowest BCUT2D eigenvalue weighted by atomic mass is 10.0. The Balaban J connectivity index is 1.90. The number of nitrogens with one attached hydrogen (secondary N) is 1. The van der Waals surface area contributed by atoms with Crippen molar-refractivity contribution in [1.29, 1.82) is 0 Å². The summed E-state index contributed by atoms with van der Waals surface area (Å²) >= 11 is 5.98. The molecule has 0 aliphatic rings. The largest absolute Gasteiger partial charge is 0.469 e. The summed E-state index contributed by atoms with van der Waals surface area (Å²) in [6.07, 6.45) is 6.07. The summed E-state index contributed by atoms with van der Waals surface area (Å²) in [6, 6.07) is 13.0. The average molecular weight is 306 g/mol. The van der Waals surface area contributed by atoms with Crippen molar-refractivity contribution >= 4 is 11.6 Å². The molecule has 2 unspecified atom stereocenters. The molecule has 0 amide bonds. The van der Waals surface area contributed by atoms with Gasteiger partial charge in [0, 0.05) is 23.5 Å². The van der Waals surface area contributed by atoms with E-state index in [1.165, 1.54) is 5.56 Å². The minimum Gasteiger partial charge on any atom is -0.469 e. The first kappa shape index (κ1) is 16.1. The normalized spacial score (nSPS) is 14.0. The third-order valence-corrected chi connectivity index (χ3v) is 3.99. The molecule has 2 atom stereocenters. The highest BCUT2D eigenvalue weighted by Crippen LogP contribution is 2.22. The fourth-order valence-corrected chi connectivity index (χ4v) is 2.70. The number of rotatable bonds is 8. The summed E-state index contributed by atoms with van der Waals surface area (Å²) < 4.78 is 5.39. The van der Waals surface area contributed by atoms with Crippen molar-refractivity contribution in [3.63, 3.8) is 0 Å². The zero-order chi connectivity index (χ0) is 15.1. The molecule has 0 aliphatic heterocycles. The van der Waals surface area contributed by atoms with Gasteiger partial charge < -0.3 is 9.73 Å². The molecule has 21 heavy (non-hydrogen) atoms. The van der Waals surface area contributed by atoms with E-state index >= 15 is 0 Å². The lowest BCUT2D eigenvalue weighted by molar-refractivity contribution is 0.401. The van der Waals surface area contributed by atoms with Gasteiger partial charge in [0.2, 0.25) is 0 Å². The van der Waals surface area contributed by atoms with Gasteiger partial charge in [-0.05, 0) is 49.6 Å². The van der Waals surface area contributed by atoms with Crippen molar-refractivity contribution in [3.8, 4) is 0 Å². The Hall–Kier alpha value is -1.25. The van der Waals surface area contributed by atoms with E-state index in [1.54, 1.807) is 6.26 Å². The molecule has 1 aromatic carbocycles. The monoisotopic (exact) mass is 305 g/mol. The van der Waals surface area contributed by atoms with Crippen LogP contribution in [0, 0.1) is 0 Å². The Morgan fingerprint density at radius 2 is 1.90 bits per heavy atom. The van der Waals surface area contributed by atoms with E-state index < -0.39 is 0 Å². The molecule has 0 bridgehead atoms. The first-order valence-corrected chi connectivity index (χ1v) is 8.10. The van der Waals surface area contributed by atoms with Gasteiger partial charge in [-0.25, -0.2) is 0 Å². The van der Waals surface area contributed by atoms with Crippen LogP contribution in [0.15, 0.2) is 47.1 Å². The van der Waals surface area contributed by atoms with E-state index in [1.807, 2.05) is 24.3 Å². The van der Waals surface area contributed by atoms with Crippen molar-refractivity contribution < 1.29 is 4.42 Å². The van der Waals surface area contributed by atoms with Crippen LogP contribution in [-0.4, -0.2) is 6.04 Å². The second-order valence-electron chi connectivity index (χ2n) is 5.58. The average Bonchev–Trinajstić information content (AvgIpc) is 2.99. The van der Waals surface area contributed by atoms with E-state index in [0.29, 0.717) is 12.1 Å². The Morgan fingerprint density at radius 1 is 1.14 bits per heavy atom. The smallest absolute Gasteiger partial charge is 0.103 e. The minimum atomic E-state index is 0.388. The van der Waals surface area contributed by atoms with Gasteiger partial charge >= 0.3 is 0 Å². The molecule has 0 fully saturated rings. The van der Waals surface area contributed by atoms with E-state index in [9.17, 15) is 0 Å². The standard InChI is InChI=1S/C18H24ClNO/c1-3-5-18(15-8-10-16(19)11-9-15)20-14(2)7-12-17-6-4-13-21-17/h4,6,8-11,13-14,18,20H,3,5,7,12H2,1-2H3. The second kappa shape index (κ2) is 8.26. The van der Waals surface area contributed by atoms with Crippen LogP contribution in [0.3, 0.4) is 0 Å². The van der Waals surface area contributed by atoms with Crippen LogP contribution in [0.1, 0.15) is 50.5 Å². The predicted molar refractivity (Wildman–Crippen MR) is 88.7 cm³/mol. The zero-order valence-electron chi connectivity index (χ0n) is 12.8. The van der Waals surface area contributed by atoms with Crippen LogP contribution in [0.4, 0.5) is 0 Å². The second-order valence-corrected chi connectivity index (χ2v) is 6.02. The molecule has 0 saturated heterocycles. The van der Waals surface area contributed by atoms with E-state index in [4.69, 9.17) is 16.0 Å². The highest BCUT2D eigenvalue weighted by molar-refractivity contribution is 6.30. The van der Waals surface area contributed by atoms with Crippen LogP contribution in [0.2, 0.25) is 5.02 Å². The number of furan rings is 1.